The molecule has 0 amide bonds. The number of benzene rings is 1. The maximum Gasteiger partial charge on any atom is 0.337 e. The molecular weight excluding hydrogens is 224 g/mol. The van der Waals surface area contributed by atoms with Crippen molar-refractivity contribution in [3.05, 3.63) is 30.0 Å². The van der Waals surface area contributed by atoms with Crippen molar-refractivity contribution >= 4 is 28.6 Å². The number of fused-ring (bicyclic) bond motifs is 1. The van der Waals surface area contributed by atoms with Gasteiger partial charge in [-0.2, -0.15) is 5.26 Å². The van der Waals surface area contributed by atoms with Gasteiger partial charge >= 0.3 is 5.97 Å². The van der Waals surface area contributed by atoms with Crippen molar-refractivity contribution in [3.63, 3.8) is 0 Å². The van der Waals surface area contributed by atoms with Gasteiger partial charge in [0.1, 0.15) is 5.40 Å². The molecule has 16 heavy (non-hydrogen) atoms. The second-order valence-electron chi connectivity index (χ2n) is 3.10. The van der Waals surface area contributed by atoms with Crippen LogP contribution in [0.4, 0.5) is 0 Å². The highest BCUT2D eigenvalue weighted by atomic mass is 32.2. The van der Waals surface area contributed by atoms with E-state index in [0.717, 1.165) is 27.6 Å². The van der Waals surface area contributed by atoms with Crippen LogP contribution in [0.2, 0.25) is 0 Å². The minimum absolute atomic E-state index is 0.369. The lowest BCUT2D eigenvalue weighted by atomic mass is 10.2. The summed E-state index contributed by atoms with van der Waals surface area (Å²) in [6.45, 7) is 0. The highest BCUT2D eigenvalue weighted by molar-refractivity contribution is 8.04. The van der Waals surface area contributed by atoms with Crippen LogP contribution in [0.1, 0.15) is 10.4 Å². The van der Waals surface area contributed by atoms with Gasteiger partial charge in [0.2, 0.25) is 0 Å². The average Bonchev–Trinajstić information content (AvgIpc) is 2.71. The molecule has 0 spiro atoms. The summed E-state index contributed by atoms with van der Waals surface area (Å²) in [4.78, 5) is 15.2. The van der Waals surface area contributed by atoms with Gasteiger partial charge in [0.15, 0.2) is 0 Å². The highest BCUT2D eigenvalue weighted by Gasteiger charge is 2.09. The predicted molar refractivity (Wildman–Crippen MR) is 61.1 cm³/mol. The van der Waals surface area contributed by atoms with E-state index in [1.165, 1.54) is 7.11 Å². The molecule has 2 aromatic rings. The summed E-state index contributed by atoms with van der Waals surface area (Å²) in [6.07, 6.45) is 1.75. The summed E-state index contributed by atoms with van der Waals surface area (Å²) in [5, 5.41) is 11.5. The van der Waals surface area contributed by atoms with Crippen LogP contribution in [0.3, 0.4) is 0 Å². The number of thioether (sulfide) groups is 1. The maximum absolute atomic E-state index is 11.3. The van der Waals surface area contributed by atoms with E-state index in [1.54, 1.807) is 24.4 Å². The number of carbonyl (C=O) groups excluding carboxylic acids is 1. The molecule has 5 heteroatoms. The number of ether oxygens (including phenoxy) is 1. The van der Waals surface area contributed by atoms with Crippen LogP contribution in [-0.2, 0) is 4.74 Å². The number of nitrogens with one attached hydrogen (secondary N) is 1. The molecule has 0 aliphatic carbocycles. The van der Waals surface area contributed by atoms with Gasteiger partial charge in [0.05, 0.1) is 12.7 Å². The van der Waals surface area contributed by atoms with Crippen LogP contribution < -0.4 is 0 Å². The number of carbonyl (C=O) groups is 1. The fraction of sp³-hybridized carbons (Fsp3) is 0.0909. The fourth-order valence-corrected chi connectivity index (χ4v) is 1.98. The Morgan fingerprint density at radius 3 is 3.06 bits per heavy atom. The first-order valence-electron chi connectivity index (χ1n) is 4.51. The van der Waals surface area contributed by atoms with Crippen molar-refractivity contribution in [1.29, 1.82) is 5.26 Å². The predicted octanol–water partition coefficient (Wildman–Crippen LogP) is 2.53. The highest BCUT2D eigenvalue weighted by Crippen LogP contribution is 2.27. The van der Waals surface area contributed by atoms with Gasteiger partial charge < -0.3 is 9.72 Å². The molecule has 0 radical (unpaired) electrons. The summed E-state index contributed by atoms with van der Waals surface area (Å²) < 4.78 is 4.63. The minimum atomic E-state index is -0.369. The largest absolute Gasteiger partial charge is 0.465 e. The molecule has 4 nitrogen and oxygen atoms in total. The van der Waals surface area contributed by atoms with Crippen LogP contribution >= 0.6 is 11.8 Å². The second kappa shape index (κ2) is 4.29. The van der Waals surface area contributed by atoms with E-state index in [9.17, 15) is 4.79 Å². The molecule has 1 aromatic heterocycles. The molecule has 0 saturated carbocycles. The maximum atomic E-state index is 11.3. The van der Waals surface area contributed by atoms with Crippen LogP contribution in [0.15, 0.2) is 29.3 Å². The van der Waals surface area contributed by atoms with E-state index in [-0.39, 0.29) is 5.97 Å². The lowest BCUT2D eigenvalue weighted by molar-refractivity contribution is 0.0601. The number of thiocyanates is 1. The molecule has 80 valence electrons. The van der Waals surface area contributed by atoms with E-state index in [0.29, 0.717) is 5.56 Å². The van der Waals surface area contributed by atoms with Crippen molar-refractivity contribution in [2.45, 2.75) is 4.90 Å². The van der Waals surface area contributed by atoms with Gasteiger partial charge in [-0.15, -0.1) is 0 Å². The summed E-state index contributed by atoms with van der Waals surface area (Å²) in [5.41, 5.74) is 1.31. The molecule has 0 unspecified atom stereocenters. The third kappa shape index (κ3) is 1.75. The van der Waals surface area contributed by atoms with Gasteiger partial charge in [0.25, 0.3) is 0 Å². The Balaban J connectivity index is 2.49. The first-order valence-corrected chi connectivity index (χ1v) is 5.33. The Labute approximate surface area is 96.2 Å². The summed E-state index contributed by atoms with van der Waals surface area (Å²) in [5.74, 6) is -0.369. The Kier molecular flexibility index (Phi) is 2.84. The smallest absolute Gasteiger partial charge is 0.337 e. The number of aromatic amines is 1. The summed E-state index contributed by atoms with van der Waals surface area (Å²) in [7, 11) is 1.35. The molecule has 0 saturated heterocycles. The number of hydrogen-bond acceptors (Lipinski definition) is 4. The molecule has 0 aliphatic rings. The number of nitrogens with zero attached hydrogens (tertiary/aromatic N) is 1. The SMILES string of the molecule is COC(=O)c1ccc2c(SC#N)c[nH]c2c1. The lowest BCUT2D eigenvalue weighted by Crippen LogP contribution is -2.00. The van der Waals surface area contributed by atoms with E-state index >= 15 is 0 Å². The molecular formula is C11H8N2O2S. The van der Waals surface area contributed by atoms with Crippen LogP contribution in [0.25, 0.3) is 10.9 Å². The monoisotopic (exact) mass is 232 g/mol. The first kappa shape index (κ1) is 10.6. The quantitative estimate of drug-likeness (QED) is 0.491. The zero-order valence-corrected chi connectivity index (χ0v) is 9.30. The Bertz CT molecular complexity index is 583. The standard InChI is InChI=1S/C11H8N2O2S/c1-15-11(14)7-2-3-8-9(4-7)13-5-10(8)16-6-12/h2-5,13H,1H3. The fourth-order valence-electron chi connectivity index (χ4n) is 1.48. The molecule has 2 rings (SSSR count). The third-order valence-corrected chi connectivity index (χ3v) is 2.87. The molecule has 1 aromatic carbocycles. The number of aromatic nitrogens is 1. The normalized spacial score (nSPS) is 10.0. The number of methoxy groups -OCH3 is 1. The second-order valence-corrected chi connectivity index (χ2v) is 3.92. The van der Waals surface area contributed by atoms with Crippen LogP contribution in [0.5, 0.6) is 0 Å². The number of H-pyrrole nitrogens is 1. The van der Waals surface area contributed by atoms with Crippen molar-refractivity contribution < 1.29 is 9.53 Å². The van der Waals surface area contributed by atoms with Crippen LogP contribution in [-0.4, -0.2) is 18.1 Å². The number of esters is 1. The Morgan fingerprint density at radius 2 is 2.38 bits per heavy atom. The third-order valence-electron chi connectivity index (χ3n) is 2.22. The van der Waals surface area contributed by atoms with Gasteiger partial charge in [-0.05, 0) is 23.9 Å². The van der Waals surface area contributed by atoms with E-state index in [1.807, 2.05) is 5.40 Å². The van der Waals surface area contributed by atoms with Gasteiger partial charge in [-0.25, -0.2) is 4.79 Å². The summed E-state index contributed by atoms with van der Waals surface area (Å²) >= 11 is 1.09. The molecule has 0 aliphatic heterocycles. The van der Waals surface area contributed by atoms with E-state index in [2.05, 4.69) is 9.72 Å². The van der Waals surface area contributed by atoms with Crippen molar-refractivity contribution in [1.82, 2.24) is 4.98 Å². The van der Waals surface area contributed by atoms with Crippen molar-refractivity contribution in [2.24, 2.45) is 0 Å². The first-order chi connectivity index (χ1) is 7.76. The summed E-state index contributed by atoms with van der Waals surface area (Å²) in [6, 6.07) is 5.20. The minimum Gasteiger partial charge on any atom is -0.465 e. The molecule has 0 atom stereocenters. The van der Waals surface area contributed by atoms with Gasteiger partial charge in [-0.3, -0.25) is 0 Å². The number of rotatable bonds is 2. The van der Waals surface area contributed by atoms with Gasteiger partial charge in [-0.1, -0.05) is 6.07 Å². The van der Waals surface area contributed by atoms with E-state index < -0.39 is 0 Å². The van der Waals surface area contributed by atoms with Gasteiger partial charge in [0, 0.05) is 22.0 Å². The Hall–Kier alpha value is -1.93. The zero-order valence-electron chi connectivity index (χ0n) is 8.48. The average molecular weight is 232 g/mol. The number of hydrogen-bond donors (Lipinski definition) is 1. The molecule has 0 bridgehead atoms. The van der Waals surface area contributed by atoms with Crippen molar-refractivity contribution in [3.8, 4) is 5.40 Å². The van der Waals surface area contributed by atoms with Crippen molar-refractivity contribution in [2.75, 3.05) is 7.11 Å². The molecule has 0 fully saturated rings. The van der Waals surface area contributed by atoms with E-state index in [4.69, 9.17) is 5.26 Å². The molecule has 1 heterocycles. The van der Waals surface area contributed by atoms with Crippen LogP contribution in [0, 0.1) is 10.7 Å². The topological polar surface area (TPSA) is 65.9 Å². The lowest BCUT2D eigenvalue weighted by Gasteiger charge is -1.99. The number of nitriles is 1. The zero-order chi connectivity index (χ0) is 11.5. The molecule has 1 N–H and O–H groups in total. The Morgan fingerprint density at radius 1 is 1.56 bits per heavy atom.